The van der Waals surface area contributed by atoms with Gasteiger partial charge in [0.25, 0.3) is 0 Å². The highest BCUT2D eigenvalue weighted by Crippen LogP contribution is 2.41. The Balaban J connectivity index is 0.000000209. The molecule has 6 nitrogen and oxygen atoms in total. The normalized spacial score (nSPS) is 21.4. The first-order valence-corrected chi connectivity index (χ1v) is 10.3. The van der Waals surface area contributed by atoms with Gasteiger partial charge in [0.2, 0.25) is 0 Å². The lowest BCUT2D eigenvalue weighted by Gasteiger charge is -2.25. The van der Waals surface area contributed by atoms with E-state index in [1.54, 1.807) is 11.3 Å². The monoisotopic (exact) mass is 384 g/mol. The molecule has 1 aromatic heterocycles. The summed E-state index contributed by atoms with van der Waals surface area (Å²) in [4.78, 5) is 13.6. The number of rotatable bonds is 6. The number of aldehydes is 1. The second kappa shape index (κ2) is 11.0. The van der Waals surface area contributed by atoms with E-state index in [1.807, 2.05) is 6.92 Å². The van der Waals surface area contributed by atoms with Crippen molar-refractivity contribution in [2.75, 3.05) is 45.2 Å². The molecule has 3 N–H and O–H groups in total. The fraction of sp³-hybridized carbons (Fsp3) is 0.737. The highest BCUT2D eigenvalue weighted by molar-refractivity contribution is 7.16. The standard InChI is InChI=1S/C12H19NO2S.C7H13NO2/c1-3-15-12(14)10-8-5-4-7(2)6-9(8)16-11(10)13;9-5-1-2-8-3-6-10-7-4-8/h7,12,14H,3-6,13H2,1-2H3;5H,1-4,6-7H2. The Morgan fingerprint density at radius 3 is 2.85 bits per heavy atom. The number of thiophene rings is 1. The third-order valence-electron chi connectivity index (χ3n) is 4.82. The van der Waals surface area contributed by atoms with Crippen molar-refractivity contribution < 1.29 is 19.4 Å². The predicted molar refractivity (Wildman–Crippen MR) is 104 cm³/mol. The molecule has 3 rings (SSSR count). The minimum absolute atomic E-state index is 0.502. The van der Waals surface area contributed by atoms with Crippen LogP contribution in [0.2, 0.25) is 0 Å². The van der Waals surface area contributed by atoms with Gasteiger partial charge in [0.05, 0.1) is 18.2 Å². The Morgan fingerprint density at radius 1 is 1.46 bits per heavy atom. The van der Waals surface area contributed by atoms with Gasteiger partial charge >= 0.3 is 0 Å². The summed E-state index contributed by atoms with van der Waals surface area (Å²) in [5, 5.41) is 10.6. The van der Waals surface area contributed by atoms with Crippen LogP contribution < -0.4 is 5.73 Å². The van der Waals surface area contributed by atoms with Crippen molar-refractivity contribution in [1.29, 1.82) is 0 Å². The van der Waals surface area contributed by atoms with Crippen molar-refractivity contribution in [3.8, 4) is 0 Å². The number of anilines is 1. The van der Waals surface area contributed by atoms with Gasteiger partial charge in [-0.2, -0.15) is 0 Å². The Morgan fingerprint density at radius 2 is 2.19 bits per heavy atom. The maximum atomic E-state index is 9.99. The van der Waals surface area contributed by atoms with Crippen LogP contribution in [-0.4, -0.2) is 55.7 Å². The summed E-state index contributed by atoms with van der Waals surface area (Å²) in [7, 11) is 0. The van der Waals surface area contributed by atoms with Crippen LogP contribution in [0, 0.1) is 5.92 Å². The van der Waals surface area contributed by atoms with E-state index in [0.717, 1.165) is 68.5 Å². The van der Waals surface area contributed by atoms with Crippen LogP contribution >= 0.6 is 11.3 Å². The van der Waals surface area contributed by atoms with Gasteiger partial charge in [0.1, 0.15) is 6.29 Å². The fourth-order valence-electron chi connectivity index (χ4n) is 3.37. The Kier molecular flexibility index (Phi) is 9.01. The molecule has 0 saturated carbocycles. The van der Waals surface area contributed by atoms with Gasteiger partial charge in [-0.3, -0.25) is 4.90 Å². The molecule has 7 heteroatoms. The number of aliphatic hydroxyl groups is 1. The van der Waals surface area contributed by atoms with Gasteiger partial charge in [-0.1, -0.05) is 6.92 Å². The van der Waals surface area contributed by atoms with Crippen LogP contribution in [-0.2, 0) is 27.1 Å². The maximum absolute atomic E-state index is 9.99. The SMILES string of the molecule is CCOC(O)c1c(N)sc2c1CCC(C)C2.O=CCCN1CCOCC1. The number of aliphatic hydroxyl groups excluding tert-OH is 1. The van der Waals surface area contributed by atoms with E-state index < -0.39 is 6.29 Å². The summed E-state index contributed by atoms with van der Waals surface area (Å²) in [5.74, 6) is 0.725. The summed E-state index contributed by atoms with van der Waals surface area (Å²) in [6.07, 6.45) is 4.05. The van der Waals surface area contributed by atoms with Crippen LogP contribution in [0.25, 0.3) is 0 Å². The summed E-state index contributed by atoms with van der Waals surface area (Å²) in [5.41, 5.74) is 8.04. The molecule has 0 radical (unpaired) electrons. The number of fused-ring (bicyclic) bond motifs is 1. The molecule has 1 aromatic rings. The van der Waals surface area contributed by atoms with Gasteiger partial charge in [0, 0.05) is 43.1 Å². The zero-order chi connectivity index (χ0) is 18.9. The predicted octanol–water partition coefficient (Wildman–Crippen LogP) is 2.39. The molecule has 1 aliphatic carbocycles. The Hall–Kier alpha value is -0.990. The number of hydrogen-bond donors (Lipinski definition) is 2. The molecule has 2 unspecified atom stereocenters. The first-order chi connectivity index (χ1) is 12.6. The fourth-order valence-corrected chi connectivity index (χ4v) is 4.67. The lowest BCUT2D eigenvalue weighted by atomic mass is 9.88. The largest absolute Gasteiger partial charge is 0.390 e. The van der Waals surface area contributed by atoms with Crippen molar-refractivity contribution in [2.45, 2.75) is 45.8 Å². The molecular formula is C19H32N2O4S. The van der Waals surface area contributed by atoms with Gasteiger partial charge < -0.3 is 25.1 Å². The molecule has 0 spiro atoms. The zero-order valence-corrected chi connectivity index (χ0v) is 16.7. The third-order valence-corrected chi connectivity index (χ3v) is 5.92. The number of carbonyl (C=O) groups excluding carboxylic acids is 1. The van der Waals surface area contributed by atoms with Gasteiger partial charge in [0.15, 0.2) is 6.29 Å². The number of nitrogens with two attached hydrogens (primary N) is 1. The number of hydrogen-bond acceptors (Lipinski definition) is 7. The van der Waals surface area contributed by atoms with E-state index in [0.29, 0.717) is 13.0 Å². The average Bonchev–Trinajstić information content (AvgIpc) is 2.96. The maximum Gasteiger partial charge on any atom is 0.184 e. The molecule has 2 atom stereocenters. The van der Waals surface area contributed by atoms with Crippen LogP contribution in [0.1, 0.15) is 49.0 Å². The van der Waals surface area contributed by atoms with Crippen molar-refractivity contribution in [3.63, 3.8) is 0 Å². The third kappa shape index (κ3) is 6.03. The molecule has 2 aliphatic rings. The summed E-state index contributed by atoms with van der Waals surface area (Å²) in [6.45, 7) is 9.13. The number of nitrogen functional groups attached to an aromatic ring is 1. The van der Waals surface area contributed by atoms with Crippen molar-refractivity contribution in [2.24, 2.45) is 5.92 Å². The lowest BCUT2D eigenvalue weighted by Crippen LogP contribution is -2.36. The van der Waals surface area contributed by atoms with Gasteiger partial charge in [-0.15, -0.1) is 11.3 Å². The van der Waals surface area contributed by atoms with Crippen molar-refractivity contribution in [3.05, 3.63) is 16.0 Å². The molecule has 26 heavy (non-hydrogen) atoms. The van der Waals surface area contributed by atoms with E-state index >= 15 is 0 Å². The molecular weight excluding hydrogens is 352 g/mol. The molecule has 0 aromatic carbocycles. The first kappa shape index (κ1) is 21.3. The van der Waals surface area contributed by atoms with Crippen LogP contribution in [0.5, 0.6) is 0 Å². The van der Waals surface area contributed by atoms with E-state index in [2.05, 4.69) is 11.8 Å². The second-order valence-corrected chi connectivity index (χ2v) is 7.98. The Labute approximate surface area is 160 Å². The second-order valence-electron chi connectivity index (χ2n) is 6.85. The van der Waals surface area contributed by atoms with Crippen LogP contribution in [0.15, 0.2) is 0 Å². The molecule has 0 amide bonds. The summed E-state index contributed by atoms with van der Waals surface area (Å²) >= 11 is 1.61. The minimum Gasteiger partial charge on any atom is -0.390 e. The highest BCUT2D eigenvalue weighted by atomic mass is 32.1. The van der Waals surface area contributed by atoms with E-state index in [9.17, 15) is 9.90 Å². The smallest absolute Gasteiger partial charge is 0.184 e. The average molecular weight is 385 g/mol. The van der Waals surface area contributed by atoms with E-state index in [1.165, 1.54) is 16.9 Å². The summed E-state index contributed by atoms with van der Waals surface area (Å²) < 4.78 is 10.4. The molecule has 148 valence electrons. The van der Waals surface area contributed by atoms with E-state index in [4.69, 9.17) is 15.2 Å². The molecule has 1 saturated heterocycles. The number of ether oxygens (including phenoxy) is 2. The molecule has 1 fully saturated rings. The Bertz CT molecular complexity index is 558. The number of nitrogens with zero attached hydrogens (tertiary/aromatic N) is 1. The van der Waals surface area contributed by atoms with E-state index in [-0.39, 0.29) is 0 Å². The topological polar surface area (TPSA) is 85.0 Å². The first-order valence-electron chi connectivity index (χ1n) is 9.50. The number of morpholine rings is 1. The van der Waals surface area contributed by atoms with Crippen LogP contribution in [0.3, 0.4) is 0 Å². The quantitative estimate of drug-likeness (QED) is 0.579. The van der Waals surface area contributed by atoms with Gasteiger partial charge in [-0.25, -0.2) is 0 Å². The molecule has 0 bridgehead atoms. The molecule has 1 aliphatic heterocycles. The lowest BCUT2D eigenvalue weighted by molar-refractivity contribution is -0.108. The number of carbonyl (C=O) groups is 1. The summed E-state index contributed by atoms with van der Waals surface area (Å²) in [6, 6.07) is 0. The van der Waals surface area contributed by atoms with Crippen LogP contribution in [0.4, 0.5) is 5.00 Å². The van der Waals surface area contributed by atoms with Crippen molar-refractivity contribution in [1.82, 2.24) is 4.90 Å². The molecule has 2 heterocycles. The minimum atomic E-state index is -0.849. The van der Waals surface area contributed by atoms with Crippen molar-refractivity contribution >= 4 is 22.6 Å². The highest BCUT2D eigenvalue weighted by Gasteiger charge is 2.26. The van der Waals surface area contributed by atoms with Gasteiger partial charge in [-0.05, 0) is 37.7 Å². The zero-order valence-electron chi connectivity index (χ0n) is 15.9.